The predicted molar refractivity (Wildman–Crippen MR) is 77.3 cm³/mol. The summed E-state index contributed by atoms with van der Waals surface area (Å²) in [7, 11) is -0.373. The van der Waals surface area contributed by atoms with Crippen LogP contribution >= 0.6 is 7.60 Å². The van der Waals surface area contributed by atoms with E-state index >= 15 is 0 Å². The van der Waals surface area contributed by atoms with Crippen LogP contribution in [0.3, 0.4) is 0 Å². The molecule has 6 nitrogen and oxygen atoms in total. The van der Waals surface area contributed by atoms with Gasteiger partial charge in [-0.2, -0.15) is 0 Å². The van der Waals surface area contributed by atoms with Gasteiger partial charge in [-0.25, -0.2) is 0 Å². The maximum absolute atomic E-state index is 12.7. The molecule has 1 aromatic carbocycles. The number of methoxy groups -OCH3 is 2. The van der Waals surface area contributed by atoms with Gasteiger partial charge in [-0.15, -0.1) is 0 Å². The molecule has 0 bridgehead atoms. The fourth-order valence-electron chi connectivity index (χ4n) is 1.79. The summed E-state index contributed by atoms with van der Waals surface area (Å²) in [6.07, 6.45) is 0. The summed E-state index contributed by atoms with van der Waals surface area (Å²) in [5.41, 5.74) is 6.63. The maximum Gasteiger partial charge on any atom is 0.351 e. The fraction of sp³-hybridized carbons (Fsp3) is 0.538. The van der Waals surface area contributed by atoms with Gasteiger partial charge in [-0.3, -0.25) is 4.57 Å². The molecule has 0 heterocycles. The first-order valence-corrected chi connectivity index (χ1v) is 7.99. The van der Waals surface area contributed by atoms with Crippen molar-refractivity contribution in [2.45, 2.75) is 19.6 Å². The van der Waals surface area contributed by atoms with E-state index in [4.69, 9.17) is 24.3 Å². The number of hydrogen-bond donors (Lipinski definition) is 1. The Morgan fingerprint density at radius 3 is 2.20 bits per heavy atom. The molecule has 20 heavy (non-hydrogen) atoms. The van der Waals surface area contributed by atoms with Crippen molar-refractivity contribution in [1.82, 2.24) is 0 Å². The van der Waals surface area contributed by atoms with Crippen LogP contribution in [0.15, 0.2) is 18.2 Å². The average molecular weight is 303 g/mol. The lowest BCUT2D eigenvalue weighted by molar-refractivity contribution is 0.212. The van der Waals surface area contributed by atoms with Crippen molar-refractivity contribution in [3.63, 3.8) is 0 Å². The van der Waals surface area contributed by atoms with Gasteiger partial charge in [0, 0.05) is 11.6 Å². The average Bonchev–Trinajstić information content (AvgIpc) is 2.46. The van der Waals surface area contributed by atoms with Crippen LogP contribution in [-0.4, -0.2) is 27.4 Å². The van der Waals surface area contributed by atoms with Gasteiger partial charge in [0.15, 0.2) is 0 Å². The van der Waals surface area contributed by atoms with E-state index in [1.54, 1.807) is 39.2 Å². The first-order chi connectivity index (χ1) is 9.52. The van der Waals surface area contributed by atoms with Gasteiger partial charge >= 0.3 is 7.60 Å². The van der Waals surface area contributed by atoms with Crippen LogP contribution in [0, 0.1) is 0 Å². The van der Waals surface area contributed by atoms with Gasteiger partial charge in [0.1, 0.15) is 17.3 Å². The zero-order chi connectivity index (χ0) is 15.2. The normalized spacial score (nSPS) is 13.1. The van der Waals surface area contributed by atoms with Gasteiger partial charge in [0.25, 0.3) is 0 Å². The van der Waals surface area contributed by atoms with E-state index in [1.807, 2.05) is 0 Å². The molecule has 2 N–H and O–H groups in total. The van der Waals surface area contributed by atoms with Gasteiger partial charge in [0.05, 0.1) is 27.4 Å². The van der Waals surface area contributed by atoms with E-state index in [2.05, 4.69) is 0 Å². The minimum atomic E-state index is -3.44. The highest BCUT2D eigenvalue weighted by atomic mass is 31.2. The van der Waals surface area contributed by atoms with Crippen molar-refractivity contribution in [1.29, 1.82) is 0 Å². The van der Waals surface area contributed by atoms with E-state index in [9.17, 15) is 4.57 Å². The molecule has 0 radical (unpaired) electrons. The van der Waals surface area contributed by atoms with E-state index in [0.717, 1.165) is 0 Å². The second-order valence-corrected chi connectivity index (χ2v) is 6.08. The highest BCUT2D eigenvalue weighted by Crippen LogP contribution is 2.59. The highest BCUT2D eigenvalue weighted by Gasteiger charge is 2.35. The summed E-state index contributed by atoms with van der Waals surface area (Å²) in [5.74, 6) is 0.195. The summed E-state index contributed by atoms with van der Waals surface area (Å²) in [5, 5.41) is 0. The summed E-state index contributed by atoms with van der Waals surface area (Å²) < 4.78 is 33.6. The smallest absolute Gasteiger partial charge is 0.351 e. The molecule has 114 valence electrons. The Morgan fingerprint density at radius 2 is 1.75 bits per heavy atom. The molecule has 1 rings (SSSR count). The Labute approximate surface area is 119 Å². The van der Waals surface area contributed by atoms with E-state index in [1.165, 1.54) is 7.11 Å². The van der Waals surface area contributed by atoms with Crippen molar-refractivity contribution in [2.24, 2.45) is 5.73 Å². The first-order valence-electron chi connectivity index (χ1n) is 6.38. The minimum absolute atomic E-state index is 0.253. The van der Waals surface area contributed by atoms with E-state index in [0.29, 0.717) is 17.1 Å². The molecular weight excluding hydrogens is 281 g/mol. The Bertz CT molecular complexity index is 470. The fourth-order valence-corrected chi connectivity index (χ4v) is 3.46. The molecule has 0 saturated heterocycles. The van der Waals surface area contributed by atoms with Crippen molar-refractivity contribution < 1.29 is 23.1 Å². The van der Waals surface area contributed by atoms with Crippen LogP contribution in [0.2, 0.25) is 0 Å². The van der Waals surface area contributed by atoms with Crippen LogP contribution in [-0.2, 0) is 13.6 Å². The Hall–Kier alpha value is -1.07. The standard InChI is InChI=1S/C13H22NO5P/c1-5-18-20(15,19-6-2)13(14)11-8-7-10(16-3)9-12(11)17-4/h7-9,13H,5-6,14H2,1-4H3/t13-/m0/s1. The molecule has 0 aliphatic rings. The lowest BCUT2D eigenvalue weighted by Gasteiger charge is -2.24. The van der Waals surface area contributed by atoms with E-state index in [-0.39, 0.29) is 13.2 Å². The molecule has 0 aliphatic heterocycles. The molecule has 0 amide bonds. The number of benzene rings is 1. The lowest BCUT2D eigenvalue weighted by atomic mass is 10.2. The highest BCUT2D eigenvalue weighted by molar-refractivity contribution is 7.54. The number of nitrogens with two attached hydrogens (primary N) is 1. The second-order valence-electron chi connectivity index (χ2n) is 3.93. The molecule has 0 fully saturated rings. The van der Waals surface area contributed by atoms with Crippen LogP contribution in [0.4, 0.5) is 0 Å². The quantitative estimate of drug-likeness (QED) is 0.744. The van der Waals surface area contributed by atoms with Gasteiger partial charge in [-0.1, -0.05) is 0 Å². The van der Waals surface area contributed by atoms with Gasteiger partial charge in [0.2, 0.25) is 0 Å². The summed E-state index contributed by atoms with van der Waals surface area (Å²) >= 11 is 0. The van der Waals surface area contributed by atoms with Crippen LogP contribution in [0.25, 0.3) is 0 Å². The number of ether oxygens (including phenoxy) is 2. The van der Waals surface area contributed by atoms with Crippen LogP contribution in [0.1, 0.15) is 25.2 Å². The van der Waals surface area contributed by atoms with Crippen LogP contribution < -0.4 is 15.2 Å². The third kappa shape index (κ3) is 3.73. The van der Waals surface area contributed by atoms with Gasteiger partial charge < -0.3 is 24.3 Å². The predicted octanol–water partition coefficient (Wildman–Crippen LogP) is 2.93. The topological polar surface area (TPSA) is 80.0 Å². The SMILES string of the molecule is CCOP(=O)(OCC)[C@H](N)c1ccc(OC)cc1OC. The van der Waals surface area contributed by atoms with Crippen molar-refractivity contribution >= 4 is 7.60 Å². The largest absolute Gasteiger partial charge is 0.497 e. The second kappa shape index (κ2) is 7.64. The molecule has 7 heteroatoms. The zero-order valence-electron chi connectivity index (χ0n) is 12.3. The minimum Gasteiger partial charge on any atom is -0.497 e. The van der Waals surface area contributed by atoms with Crippen molar-refractivity contribution in [3.05, 3.63) is 23.8 Å². The molecule has 0 spiro atoms. The maximum atomic E-state index is 12.7. The summed E-state index contributed by atoms with van der Waals surface area (Å²) in [6, 6.07) is 5.10. The van der Waals surface area contributed by atoms with Gasteiger partial charge in [-0.05, 0) is 26.0 Å². The summed E-state index contributed by atoms with van der Waals surface area (Å²) in [6.45, 7) is 3.99. The molecule has 0 aliphatic carbocycles. The molecule has 1 aromatic rings. The molecule has 0 unspecified atom stereocenters. The third-order valence-electron chi connectivity index (χ3n) is 2.72. The number of rotatable bonds is 8. The summed E-state index contributed by atoms with van der Waals surface area (Å²) in [4.78, 5) is 0. The molecule has 0 saturated carbocycles. The molecule has 1 atom stereocenters. The first kappa shape index (κ1) is 17.0. The Kier molecular flexibility index (Phi) is 6.49. The van der Waals surface area contributed by atoms with Crippen molar-refractivity contribution in [2.75, 3.05) is 27.4 Å². The molecule has 0 aromatic heterocycles. The third-order valence-corrected chi connectivity index (χ3v) is 4.91. The number of hydrogen-bond acceptors (Lipinski definition) is 6. The Morgan fingerprint density at radius 1 is 1.15 bits per heavy atom. The monoisotopic (exact) mass is 303 g/mol. The Balaban J connectivity index is 3.17. The zero-order valence-corrected chi connectivity index (χ0v) is 13.2. The van der Waals surface area contributed by atoms with Crippen molar-refractivity contribution in [3.8, 4) is 11.5 Å². The molecular formula is C13H22NO5P. The van der Waals surface area contributed by atoms with E-state index < -0.39 is 13.4 Å². The lowest BCUT2D eigenvalue weighted by Crippen LogP contribution is -2.16. The van der Waals surface area contributed by atoms with Crippen LogP contribution in [0.5, 0.6) is 11.5 Å².